The normalized spacial score (nSPS) is 20.5. The van der Waals surface area contributed by atoms with E-state index in [1.165, 1.54) is 0 Å². The molecule has 0 N–H and O–H groups in total. The summed E-state index contributed by atoms with van der Waals surface area (Å²) in [6.07, 6.45) is 5.84. The number of hydrogen-bond acceptors (Lipinski definition) is 2. The highest BCUT2D eigenvalue weighted by Crippen LogP contribution is 2.45. The molecule has 1 saturated heterocycles. The number of carbonyl (C=O) groups is 1. The topological polar surface area (TPSA) is 33.2 Å². The van der Waals surface area contributed by atoms with Crippen LogP contribution in [0.3, 0.4) is 0 Å². The first-order valence-corrected chi connectivity index (χ1v) is 9.27. The van der Waals surface area contributed by atoms with E-state index in [0.29, 0.717) is 0 Å². The van der Waals surface area contributed by atoms with Gasteiger partial charge in [0.15, 0.2) is 0 Å². The highest BCUT2D eigenvalue weighted by atomic mass is 16.2. The molecule has 0 spiro atoms. The van der Waals surface area contributed by atoms with Crippen LogP contribution in [0.5, 0.6) is 0 Å². The molecule has 3 heteroatoms. The monoisotopic (exact) mass is 354 g/mol. The maximum absolute atomic E-state index is 13.0. The Labute approximate surface area is 160 Å². The second kappa shape index (κ2) is 7.58. The molecule has 3 nitrogen and oxygen atoms in total. The van der Waals surface area contributed by atoms with Crippen LogP contribution >= 0.6 is 0 Å². The summed E-state index contributed by atoms with van der Waals surface area (Å²) >= 11 is 0. The summed E-state index contributed by atoms with van der Waals surface area (Å²) in [5, 5.41) is 0. The van der Waals surface area contributed by atoms with Crippen LogP contribution in [0, 0.1) is 5.92 Å². The van der Waals surface area contributed by atoms with Crippen LogP contribution in [0.2, 0.25) is 0 Å². The van der Waals surface area contributed by atoms with Gasteiger partial charge in [0, 0.05) is 6.20 Å². The summed E-state index contributed by atoms with van der Waals surface area (Å²) in [5.41, 5.74) is 3.17. The van der Waals surface area contributed by atoms with Gasteiger partial charge in [-0.05, 0) is 30.2 Å². The van der Waals surface area contributed by atoms with Gasteiger partial charge in [-0.15, -0.1) is 0 Å². The number of hydrogen-bond donors (Lipinski definition) is 0. The summed E-state index contributed by atoms with van der Waals surface area (Å²) in [7, 11) is 0. The van der Waals surface area contributed by atoms with Gasteiger partial charge >= 0.3 is 0 Å². The maximum atomic E-state index is 13.0. The number of nitrogens with zero attached hydrogens (tertiary/aromatic N) is 2. The molecule has 4 rings (SSSR count). The number of rotatable bonds is 5. The first-order chi connectivity index (χ1) is 13.3. The van der Waals surface area contributed by atoms with Gasteiger partial charge < -0.3 is 4.90 Å². The van der Waals surface area contributed by atoms with Gasteiger partial charge in [0.05, 0.1) is 23.7 Å². The molecule has 0 bridgehead atoms. The Balaban J connectivity index is 1.64. The third-order valence-corrected chi connectivity index (χ3v) is 5.17. The lowest BCUT2D eigenvalue weighted by molar-refractivity contribution is -0.157. The number of carbonyl (C=O) groups excluding carboxylic acids is 1. The standard InChI is InChI=1S/C24H22N2O/c1-18(20-12-6-3-7-13-20)26-23(22-14-8-9-17-25-22)21(24(26)27)16-15-19-10-4-2-5-11-19/h2-18,21,23H,1H3/b16-15+/t18-,21+,23-/m1/s1. The minimum atomic E-state index is -0.189. The Morgan fingerprint density at radius 1 is 0.926 bits per heavy atom. The van der Waals surface area contributed by atoms with E-state index in [2.05, 4.69) is 24.0 Å². The summed E-state index contributed by atoms with van der Waals surface area (Å²) in [6.45, 7) is 2.08. The fourth-order valence-electron chi connectivity index (χ4n) is 3.70. The third-order valence-electron chi connectivity index (χ3n) is 5.17. The summed E-state index contributed by atoms with van der Waals surface area (Å²) < 4.78 is 0. The Kier molecular flexibility index (Phi) is 4.84. The van der Waals surface area contributed by atoms with Crippen molar-refractivity contribution in [3.8, 4) is 0 Å². The van der Waals surface area contributed by atoms with E-state index in [1.54, 1.807) is 6.20 Å². The van der Waals surface area contributed by atoms with E-state index in [4.69, 9.17) is 0 Å². The lowest BCUT2D eigenvalue weighted by Crippen LogP contribution is -2.55. The molecule has 3 aromatic rings. The van der Waals surface area contributed by atoms with E-state index in [1.807, 2.05) is 83.8 Å². The van der Waals surface area contributed by atoms with E-state index in [9.17, 15) is 4.79 Å². The van der Waals surface area contributed by atoms with Crippen molar-refractivity contribution >= 4 is 12.0 Å². The van der Waals surface area contributed by atoms with Crippen molar-refractivity contribution in [3.63, 3.8) is 0 Å². The Hall–Kier alpha value is -3.20. The number of aromatic nitrogens is 1. The predicted molar refractivity (Wildman–Crippen MR) is 108 cm³/mol. The quantitative estimate of drug-likeness (QED) is 0.600. The number of likely N-dealkylation sites (tertiary alicyclic amines) is 1. The zero-order valence-electron chi connectivity index (χ0n) is 15.3. The van der Waals surface area contributed by atoms with Crippen LogP contribution in [0.1, 0.15) is 35.8 Å². The van der Waals surface area contributed by atoms with Crippen molar-refractivity contribution in [2.75, 3.05) is 0 Å². The molecule has 0 unspecified atom stereocenters. The maximum Gasteiger partial charge on any atom is 0.233 e. The first kappa shape index (κ1) is 17.2. The molecule has 2 aromatic carbocycles. The van der Waals surface area contributed by atoms with E-state index < -0.39 is 0 Å². The second-order valence-corrected chi connectivity index (χ2v) is 6.83. The minimum absolute atomic E-state index is 0.00656. The molecular weight excluding hydrogens is 332 g/mol. The van der Waals surface area contributed by atoms with Gasteiger partial charge in [0.1, 0.15) is 0 Å². The fraction of sp³-hybridized carbons (Fsp3) is 0.167. The zero-order valence-corrected chi connectivity index (χ0v) is 15.3. The van der Waals surface area contributed by atoms with Gasteiger partial charge in [0.25, 0.3) is 0 Å². The summed E-state index contributed by atoms with van der Waals surface area (Å²) in [4.78, 5) is 19.5. The van der Waals surface area contributed by atoms with Crippen LogP contribution in [-0.4, -0.2) is 15.8 Å². The summed E-state index contributed by atoms with van der Waals surface area (Å²) in [5.74, 6) is -0.0412. The van der Waals surface area contributed by atoms with Crippen molar-refractivity contribution in [1.29, 1.82) is 0 Å². The molecule has 0 saturated carbocycles. The molecule has 0 radical (unpaired) electrons. The molecule has 1 aliphatic heterocycles. The van der Waals surface area contributed by atoms with E-state index in [0.717, 1.165) is 16.8 Å². The number of amides is 1. The Bertz CT molecular complexity index is 922. The Morgan fingerprint density at radius 3 is 2.26 bits per heavy atom. The first-order valence-electron chi connectivity index (χ1n) is 9.27. The summed E-state index contributed by atoms with van der Waals surface area (Å²) in [6, 6.07) is 26.1. The van der Waals surface area contributed by atoms with Gasteiger partial charge in [-0.3, -0.25) is 9.78 Å². The van der Waals surface area contributed by atoms with Gasteiger partial charge in [-0.2, -0.15) is 0 Å². The average Bonchev–Trinajstić information content (AvgIpc) is 2.74. The molecule has 27 heavy (non-hydrogen) atoms. The molecule has 1 fully saturated rings. The lowest BCUT2D eigenvalue weighted by Gasteiger charge is -2.49. The molecule has 2 heterocycles. The van der Waals surface area contributed by atoms with Crippen LogP contribution < -0.4 is 0 Å². The molecule has 134 valence electrons. The largest absolute Gasteiger partial charge is 0.326 e. The SMILES string of the molecule is C[C@H](c1ccccc1)N1C(=O)[C@@H](/C=C/c2ccccc2)[C@@H]1c1ccccn1. The molecule has 1 aromatic heterocycles. The van der Waals surface area contributed by atoms with Gasteiger partial charge in [-0.25, -0.2) is 0 Å². The van der Waals surface area contributed by atoms with Gasteiger partial charge in [-0.1, -0.05) is 78.9 Å². The Morgan fingerprint density at radius 2 is 1.59 bits per heavy atom. The molecule has 1 aliphatic rings. The van der Waals surface area contributed by atoms with Crippen LogP contribution in [0.4, 0.5) is 0 Å². The molecule has 0 aliphatic carbocycles. The molecule has 1 amide bonds. The zero-order chi connectivity index (χ0) is 18.6. The van der Waals surface area contributed by atoms with Crippen LogP contribution in [0.25, 0.3) is 6.08 Å². The third kappa shape index (κ3) is 3.41. The van der Waals surface area contributed by atoms with E-state index in [-0.39, 0.29) is 23.9 Å². The van der Waals surface area contributed by atoms with Gasteiger partial charge in [0.2, 0.25) is 5.91 Å². The molecular formula is C24H22N2O. The smallest absolute Gasteiger partial charge is 0.233 e. The van der Waals surface area contributed by atoms with Crippen molar-refractivity contribution in [1.82, 2.24) is 9.88 Å². The van der Waals surface area contributed by atoms with Crippen molar-refractivity contribution in [2.24, 2.45) is 5.92 Å². The highest BCUT2D eigenvalue weighted by Gasteiger charge is 2.49. The van der Waals surface area contributed by atoms with Crippen LogP contribution in [0.15, 0.2) is 91.1 Å². The van der Waals surface area contributed by atoms with Crippen molar-refractivity contribution in [2.45, 2.75) is 19.0 Å². The molecule has 3 atom stereocenters. The second-order valence-electron chi connectivity index (χ2n) is 6.83. The number of benzene rings is 2. The average molecular weight is 354 g/mol. The predicted octanol–water partition coefficient (Wildman–Crippen LogP) is 5.06. The number of pyridine rings is 1. The number of β-lactam (4-membered cyclic amide) rings is 1. The lowest BCUT2D eigenvalue weighted by atomic mass is 9.81. The van der Waals surface area contributed by atoms with Crippen molar-refractivity contribution in [3.05, 3.63) is 108 Å². The van der Waals surface area contributed by atoms with E-state index >= 15 is 0 Å². The highest BCUT2D eigenvalue weighted by molar-refractivity contribution is 5.89. The van der Waals surface area contributed by atoms with Crippen LogP contribution in [-0.2, 0) is 4.79 Å². The minimum Gasteiger partial charge on any atom is -0.326 e. The van der Waals surface area contributed by atoms with Crippen molar-refractivity contribution < 1.29 is 4.79 Å². The fourth-order valence-corrected chi connectivity index (χ4v) is 3.70.